The molecule has 1 aromatic carbocycles. The standard InChI is InChI=1S/C21H24N2O3/c1-4-5-6-7-12-23-20(25)17(13-22)15(3)18(21(23)26)19(24)16-10-8-14(2)9-11-16/h8-11,26H,4-7,12H2,1-3H3. The summed E-state index contributed by atoms with van der Waals surface area (Å²) in [7, 11) is 0. The Hall–Kier alpha value is -2.87. The number of hydrogen-bond donors (Lipinski definition) is 1. The predicted octanol–water partition coefficient (Wildman–Crippen LogP) is 3.85. The monoisotopic (exact) mass is 352 g/mol. The van der Waals surface area contributed by atoms with Crippen LogP contribution in [0.1, 0.15) is 65.2 Å². The Morgan fingerprint density at radius 2 is 1.81 bits per heavy atom. The van der Waals surface area contributed by atoms with Gasteiger partial charge in [-0.3, -0.25) is 14.2 Å². The molecule has 0 saturated heterocycles. The van der Waals surface area contributed by atoms with Crippen LogP contribution in [0.5, 0.6) is 5.88 Å². The van der Waals surface area contributed by atoms with Crippen LogP contribution >= 0.6 is 0 Å². The summed E-state index contributed by atoms with van der Waals surface area (Å²) in [6.07, 6.45) is 3.70. The molecule has 1 aromatic heterocycles. The van der Waals surface area contributed by atoms with Crippen molar-refractivity contribution in [1.29, 1.82) is 5.26 Å². The fourth-order valence-corrected chi connectivity index (χ4v) is 2.98. The number of carbonyl (C=O) groups excluding carboxylic acids is 1. The van der Waals surface area contributed by atoms with E-state index >= 15 is 0 Å². The highest BCUT2D eigenvalue weighted by Gasteiger charge is 2.24. The molecule has 5 heteroatoms. The van der Waals surface area contributed by atoms with Crippen LogP contribution in [-0.2, 0) is 6.54 Å². The predicted molar refractivity (Wildman–Crippen MR) is 101 cm³/mol. The summed E-state index contributed by atoms with van der Waals surface area (Å²) >= 11 is 0. The van der Waals surface area contributed by atoms with Crippen molar-refractivity contribution in [2.45, 2.75) is 53.0 Å². The smallest absolute Gasteiger partial charge is 0.271 e. The number of aryl methyl sites for hydroxylation is 1. The molecule has 1 N–H and O–H groups in total. The summed E-state index contributed by atoms with van der Waals surface area (Å²) in [5, 5.41) is 20.0. The Kier molecular flexibility index (Phi) is 6.35. The van der Waals surface area contributed by atoms with Gasteiger partial charge in [0, 0.05) is 12.1 Å². The number of unbranched alkanes of at least 4 members (excludes halogenated alkanes) is 3. The third-order valence-electron chi connectivity index (χ3n) is 4.58. The highest BCUT2D eigenvalue weighted by atomic mass is 16.3. The lowest BCUT2D eigenvalue weighted by Crippen LogP contribution is -2.27. The van der Waals surface area contributed by atoms with E-state index in [0.29, 0.717) is 12.0 Å². The van der Waals surface area contributed by atoms with Gasteiger partial charge >= 0.3 is 0 Å². The zero-order chi connectivity index (χ0) is 19.3. The van der Waals surface area contributed by atoms with Crippen molar-refractivity contribution in [2.75, 3.05) is 0 Å². The molecular formula is C21H24N2O3. The van der Waals surface area contributed by atoms with Gasteiger partial charge in [0.25, 0.3) is 5.56 Å². The average Bonchev–Trinajstić information content (AvgIpc) is 2.62. The molecule has 2 rings (SSSR count). The molecule has 0 amide bonds. The lowest BCUT2D eigenvalue weighted by Gasteiger charge is -2.15. The number of nitriles is 1. The molecular weight excluding hydrogens is 328 g/mol. The molecule has 0 fully saturated rings. The first-order valence-corrected chi connectivity index (χ1v) is 8.90. The average molecular weight is 352 g/mol. The maximum atomic E-state index is 12.9. The van der Waals surface area contributed by atoms with Crippen molar-refractivity contribution in [3.05, 3.63) is 62.4 Å². The molecule has 0 radical (unpaired) electrons. The minimum Gasteiger partial charge on any atom is -0.494 e. The highest BCUT2D eigenvalue weighted by Crippen LogP contribution is 2.25. The molecule has 136 valence electrons. The topological polar surface area (TPSA) is 83.1 Å². The van der Waals surface area contributed by atoms with Gasteiger partial charge in [0.2, 0.25) is 5.88 Å². The molecule has 0 bridgehead atoms. The number of aromatic hydroxyl groups is 1. The second-order valence-corrected chi connectivity index (χ2v) is 6.52. The molecule has 26 heavy (non-hydrogen) atoms. The van der Waals surface area contributed by atoms with Crippen molar-refractivity contribution in [2.24, 2.45) is 0 Å². The molecule has 0 aliphatic rings. The zero-order valence-corrected chi connectivity index (χ0v) is 15.5. The van der Waals surface area contributed by atoms with Crippen LogP contribution in [0.15, 0.2) is 29.1 Å². The van der Waals surface area contributed by atoms with Crippen LogP contribution in [0.25, 0.3) is 0 Å². The first kappa shape index (κ1) is 19.5. The van der Waals surface area contributed by atoms with Crippen LogP contribution in [0.2, 0.25) is 0 Å². The number of nitrogens with zero attached hydrogens (tertiary/aromatic N) is 2. The van der Waals surface area contributed by atoms with E-state index in [4.69, 9.17) is 0 Å². The molecule has 0 unspecified atom stereocenters. The largest absolute Gasteiger partial charge is 0.494 e. The van der Waals surface area contributed by atoms with Crippen molar-refractivity contribution in [1.82, 2.24) is 4.57 Å². The lowest BCUT2D eigenvalue weighted by atomic mass is 9.96. The molecule has 1 heterocycles. The number of hydrogen-bond acceptors (Lipinski definition) is 4. The third-order valence-corrected chi connectivity index (χ3v) is 4.58. The second-order valence-electron chi connectivity index (χ2n) is 6.52. The SMILES string of the molecule is CCCCCCn1c(O)c(C(=O)c2ccc(C)cc2)c(C)c(C#N)c1=O. The van der Waals surface area contributed by atoms with E-state index in [1.165, 1.54) is 6.92 Å². The molecule has 2 aromatic rings. The summed E-state index contributed by atoms with van der Waals surface area (Å²) in [4.78, 5) is 25.5. The number of benzene rings is 1. The minimum atomic E-state index is -0.542. The number of rotatable bonds is 7. The van der Waals surface area contributed by atoms with Gasteiger partial charge in [-0.25, -0.2) is 0 Å². The minimum absolute atomic E-state index is 0.0282. The maximum Gasteiger partial charge on any atom is 0.271 e. The van der Waals surface area contributed by atoms with Gasteiger partial charge in [-0.1, -0.05) is 56.0 Å². The molecule has 0 spiro atoms. The van der Waals surface area contributed by atoms with Gasteiger partial charge in [-0.15, -0.1) is 0 Å². The fourth-order valence-electron chi connectivity index (χ4n) is 2.98. The van der Waals surface area contributed by atoms with Crippen LogP contribution in [0.4, 0.5) is 0 Å². The summed E-state index contributed by atoms with van der Waals surface area (Å²) in [6, 6.07) is 8.87. The van der Waals surface area contributed by atoms with E-state index in [9.17, 15) is 20.0 Å². The fraction of sp³-hybridized carbons (Fsp3) is 0.381. The normalized spacial score (nSPS) is 10.5. The molecule has 0 aliphatic carbocycles. The van der Waals surface area contributed by atoms with Crippen LogP contribution in [0, 0.1) is 25.2 Å². The quantitative estimate of drug-likeness (QED) is 0.606. The van der Waals surface area contributed by atoms with Gasteiger partial charge in [0.1, 0.15) is 11.6 Å². The number of aromatic nitrogens is 1. The first-order valence-electron chi connectivity index (χ1n) is 8.90. The Morgan fingerprint density at radius 3 is 2.38 bits per heavy atom. The molecule has 0 aliphatic heterocycles. The summed E-state index contributed by atoms with van der Waals surface area (Å²) in [5.41, 5.74) is 1.05. The Bertz CT molecular complexity index is 903. The van der Waals surface area contributed by atoms with E-state index in [-0.39, 0.29) is 34.9 Å². The molecule has 0 atom stereocenters. The van der Waals surface area contributed by atoms with E-state index in [1.54, 1.807) is 12.1 Å². The summed E-state index contributed by atoms with van der Waals surface area (Å²) < 4.78 is 1.16. The number of ketones is 1. The van der Waals surface area contributed by atoms with Crippen molar-refractivity contribution >= 4 is 5.78 Å². The zero-order valence-electron chi connectivity index (χ0n) is 15.5. The van der Waals surface area contributed by atoms with Crippen molar-refractivity contribution < 1.29 is 9.90 Å². The first-order chi connectivity index (χ1) is 12.4. The van der Waals surface area contributed by atoms with Crippen LogP contribution < -0.4 is 5.56 Å². The summed E-state index contributed by atoms with van der Waals surface area (Å²) in [6.45, 7) is 5.82. The Morgan fingerprint density at radius 1 is 1.15 bits per heavy atom. The van der Waals surface area contributed by atoms with Gasteiger partial charge in [0.15, 0.2) is 5.78 Å². The van der Waals surface area contributed by atoms with Crippen LogP contribution in [0.3, 0.4) is 0 Å². The lowest BCUT2D eigenvalue weighted by molar-refractivity contribution is 0.103. The number of pyridine rings is 1. The highest BCUT2D eigenvalue weighted by molar-refractivity contribution is 6.11. The van der Waals surface area contributed by atoms with Crippen molar-refractivity contribution in [3.63, 3.8) is 0 Å². The Balaban J connectivity index is 2.54. The molecule has 0 saturated carbocycles. The Labute approximate surface area is 153 Å². The second kappa shape index (κ2) is 8.48. The van der Waals surface area contributed by atoms with Crippen LogP contribution in [-0.4, -0.2) is 15.5 Å². The maximum absolute atomic E-state index is 12.9. The van der Waals surface area contributed by atoms with Gasteiger partial charge in [-0.05, 0) is 25.8 Å². The van der Waals surface area contributed by atoms with E-state index in [0.717, 1.165) is 29.4 Å². The van der Waals surface area contributed by atoms with E-state index in [1.807, 2.05) is 25.1 Å². The van der Waals surface area contributed by atoms with Gasteiger partial charge in [-0.2, -0.15) is 5.26 Å². The number of carbonyl (C=O) groups is 1. The van der Waals surface area contributed by atoms with E-state index in [2.05, 4.69) is 6.92 Å². The van der Waals surface area contributed by atoms with Gasteiger partial charge in [0.05, 0.1) is 5.56 Å². The van der Waals surface area contributed by atoms with E-state index < -0.39 is 5.56 Å². The summed E-state index contributed by atoms with van der Waals surface area (Å²) in [5.74, 6) is -0.743. The molecule has 5 nitrogen and oxygen atoms in total. The third kappa shape index (κ3) is 3.85. The van der Waals surface area contributed by atoms with Crippen molar-refractivity contribution in [3.8, 4) is 11.9 Å². The van der Waals surface area contributed by atoms with Gasteiger partial charge < -0.3 is 5.11 Å².